The Kier molecular flexibility index (Phi) is 9.50. The van der Waals surface area contributed by atoms with E-state index in [1.165, 1.54) is 11.1 Å². The molecule has 0 saturated carbocycles. The second-order valence-corrected chi connectivity index (χ2v) is 7.31. The van der Waals surface area contributed by atoms with Gasteiger partial charge in [-0.25, -0.2) is 0 Å². The minimum Gasteiger partial charge on any atom is -0.494 e. The third-order valence-electron chi connectivity index (χ3n) is 4.95. The van der Waals surface area contributed by atoms with Crippen LogP contribution in [0, 0.1) is 0 Å². The zero-order valence-corrected chi connectivity index (χ0v) is 17.8. The maximum absolute atomic E-state index is 6.03. The minimum absolute atomic E-state index is 0.314. The Morgan fingerprint density at radius 2 is 1.83 bits per heavy atom. The summed E-state index contributed by atoms with van der Waals surface area (Å²) in [5.74, 6) is 1.69. The Bertz CT molecular complexity index is 761. The summed E-state index contributed by atoms with van der Waals surface area (Å²) in [6.07, 6.45) is 3.18. The molecule has 1 saturated heterocycles. The van der Waals surface area contributed by atoms with Gasteiger partial charge in [-0.05, 0) is 42.5 Å². The topological polar surface area (TPSA) is 64.1 Å². The van der Waals surface area contributed by atoms with E-state index < -0.39 is 0 Å². The largest absolute Gasteiger partial charge is 0.494 e. The van der Waals surface area contributed by atoms with E-state index >= 15 is 0 Å². The average molecular weight is 412 g/mol. The standard InChI is InChI=1S/C24H33N3O3/c1-25-24(26-13-6-14-29-22-9-3-2-4-10-22)27-18-20-7-5-8-21(17-20)19-30-23-11-15-28-16-12-23/h2-5,7-10,17,23H,6,11-16,18-19H2,1H3,(H2,25,26,27). The molecule has 1 fully saturated rings. The van der Waals surface area contributed by atoms with Gasteiger partial charge in [0.15, 0.2) is 5.96 Å². The number of benzene rings is 2. The molecule has 2 aromatic rings. The summed E-state index contributed by atoms with van der Waals surface area (Å²) in [6, 6.07) is 18.4. The van der Waals surface area contributed by atoms with Crippen LogP contribution in [0.15, 0.2) is 59.6 Å². The first-order valence-corrected chi connectivity index (χ1v) is 10.7. The van der Waals surface area contributed by atoms with E-state index in [1.54, 1.807) is 7.05 Å². The van der Waals surface area contributed by atoms with Crippen LogP contribution < -0.4 is 15.4 Å². The zero-order valence-electron chi connectivity index (χ0n) is 17.8. The number of nitrogens with one attached hydrogen (secondary N) is 2. The normalized spacial score (nSPS) is 15.0. The van der Waals surface area contributed by atoms with Crippen LogP contribution in [0.5, 0.6) is 5.75 Å². The van der Waals surface area contributed by atoms with Gasteiger partial charge in [0, 0.05) is 33.4 Å². The summed E-state index contributed by atoms with van der Waals surface area (Å²) in [6.45, 7) is 4.44. The van der Waals surface area contributed by atoms with Gasteiger partial charge < -0.3 is 24.8 Å². The molecule has 30 heavy (non-hydrogen) atoms. The fraction of sp³-hybridized carbons (Fsp3) is 0.458. The highest BCUT2D eigenvalue weighted by molar-refractivity contribution is 5.79. The van der Waals surface area contributed by atoms with Crippen LogP contribution in [0.4, 0.5) is 0 Å². The summed E-state index contributed by atoms with van der Waals surface area (Å²) in [5, 5.41) is 6.70. The highest BCUT2D eigenvalue weighted by Gasteiger charge is 2.14. The van der Waals surface area contributed by atoms with Gasteiger partial charge in [0.05, 0.1) is 19.3 Å². The molecule has 1 aliphatic rings. The molecule has 0 aliphatic carbocycles. The molecule has 6 heteroatoms. The fourth-order valence-corrected chi connectivity index (χ4v) is 3.28. The van der Waals surface area contributed by atoms with Gasteiger partial charge in [-0.2, -0.15) is 0 Å². The lowest BCUT2D eigenvalue weighted by atomic mass is 10.1. The molecule has 0 spiro atoms. The third kappa shape index (κ3) is 8.05. The Balaban J connectivity index is 1.33. The van der Waals surface area contributed by atoms with Crippen molar-refractivity contribution in [3.63, 3.8) is 0 Å². The molecule has 0 amide bonds. The van der Waals surface area contributed by atoms with Gasteiger partial charge in [0.1, 0.15) is 5.75 Å². The quantitative estimate of drug-likeness (QED) is 0.356. The van der Waals surface area contributed by atoms with Crippen LogP contribution in [0.2, 0.25) is 0 Å². The smallest absolute Gasteiger partial charge is 0.191 e. The molecule has 1 heterocycles. The van der Waals surface area contributed by atoms with E-state index in [0.29, 0.717) is 25.9 Å². The number of para-hydroxylation sites is 1. The van der Waals surface area contributed by atoms with Crippen LogP contribution in [-0.4, -0.2) is 45.5 Å². The molecule has 2 N–H and O–H groups in total. The van der Waals surface area contributed by atoms with Crippen molar-refractivity contribution >= 4 is 5.96 Å². The zero-order chi connectivity index (χ0) is 20.9. The molecular formula is C24H33N3O3. The number of rotatable bonds is 10. The van der Waals surface area contributed by atoms with Crippen molar-refractivity contribution in [2.24, 2.45) is 4.99 Å². The second kappa shape index (κ2) is 12.9. The van der Waals surface area contributed by atoms with Crippen molar-refractivity contribution in [3.05, 3.63) is 65.7 Å². The first kappa shape index (κ1) is 22.1. The predicted octanol–water partition coefficient (Wildman–Crippen LogP) is 3.52. The van der Waals surface area contributed by atoms with Crippen molar-refractivity contribution in [2.45, 2.75) is 38.5 Å². The van der Waals surface area contributed by atoms with Crippen LogP contribution in [0.1, 0.15) is 30.4 Å². The number of hydrogen-bond acceptors (Lipinski definition) is 4. The van der Waals surface area contributed by atoms with Crippen LogP contribution in [0.25, 0.3) is 0 Å². The number of aliphatic imine (C=N–C) groups is 1. The van der Waals surface area contributed by atoms with Gasteiger partial charge in [-0.3, -0.25) is 4.99 Å². The SMILES string of the molecule is CN=C(NCCCOc1ccccc1)NCc1cccc(COC2CCOCC2)c1. The Morgan fingerprint density at radius 3 is 2.63 bits per heavy atom. The summed E-state index contributed by atoms with van der Waals surface area (Å²) in [7, 11) is 1.79. The van der Waals surface area contributed by atoms with Crippen molar-refractivity contribution in [3.8, 4) is 5.75 Å². The molecule has 0 aromatic heterocycles. The summed E-state index contributed by atoms with van der Waals surface area (Å²) >= 11 is 0. The highest BCUT2D eigenvalue weighted by atomic mass is 16.5. The lowest BCUT2D eigenvalue weighted by molar-refractivity contribution is -0.0390. The maximum atomic E-state index is 6.03. The van der Waals surface area contributed by atoms with E-state index in [1.807, 2.05) is 30.3 Å². The molecule has 0 radical (unpaired) electrons. The second-order valence-electron chi connectivity index (χ2n) is 7.31. The van der Waals surface area contributed by atoms with Gasteiger partial charge in [0.25, 0.3) is 0 Å². The van der Waals surface area contributed by atoms with Crippen LogP contribution in [0.3, 0.4) is 0 Å². The Labute approximate surface area is 179 Å². The first-order valence-electron chi connectivity index (χ1n) is 10.7. The molecule has 0 bridgehead atoms. The average Bonchev–Trinajstić information content (AvgIpc) is 2.81. The molecule has 0 atom stereocenters. The van der Waals surface area contributed by atoms with Crippen molar-refractivity contribution < 1.29 is 14.2 Å². The number of guanidine groups is 1. The fourth-order valence-electron chi connectivity index (χ4n) is 3.28. The van der Waals surface area contributed by atoms with Crippen molar-refractivity contribution in [1.29, 1.82) is 0 Å². The van der Waals surface area contributed by atoms with E-state index in [2.05, 4.69) is 39.9 Å². The van der Waals surface area contributed by atoms with E-state index in [9.17, 15) is 0 Å². The Morgan fingerprint density at radius 1 is 1.03 bits per heavy atom. The lowest BCUT2D eigenvalue weighted by Gasteiger charge is -2.22. The van der Waals surface area contributed by atoms with Crippen LogP contribution >= 0.6 is 0 Å². The Hall–Kier alpha value is -2.57. The molecule has 2 aromatic carbocycles. The van der Waals surface area contributed by atoms with Crippen molar-refractivity contribution in [1.82, 2.24) is 10.6 Å². The summed E-state index contributed by atoms with van der Waals surface area (Å²) < 4.78 is 17.1. The van der Waals surface area contributed by atoms with Gasteiger partial charge >= 0.3 is 0 Å². The van der Waals surface area contributed by atoms with Crippen LogP contribution in [-0.2, 0) is 22.6 Å². The van der Waals surface area contributed by atoms with E-state index in [-0.39, 0.29) is 0 Å². The minimum atomic E-state index is 0.314. The highest BCUT2D eigenvalue weighted by Crippen LogP contribution is 2.14. The number of ether oxygens (including phenoxy) is 3. The van der Waals surface area contributed by atoms with Crippen molar-refractivity contribution in [2.75, 3.05) is 33.4 Å². The van der Waals surface area contributed by atoms with Gasteiger partial charge in [0.2, 0.25) is 0 Å². The lowest BCUT2D eigenvalue weighted by Crippen LogP contribution is -2.37. The summed E-state index contributed by atoms with van der Waals surface area (Å²) in [5.41, 5.74) is 2.40. The molecule has 6 nitrogen and oxygen atoms in total. The summed E-state index contributed by atoms with van der Waals surface area (Å²) in [4.78, 5) is 4.30. The number of nitrogens with zero attached hydrogens (tertiary/aromatic N) is 1. The monoisotopic (exact) mass is 411 g/mol. The number of hydrogen-bond donors (Lipinski definition) is 2. The van der Waals surface area contributed by atoms with Gasteiger partial charge in [-0.15, -0.1) is 0 Å². The van der Waals surface area contributed by atoms with Gasteiger partial charge in [-0.1, -0.05) is 42.5 Å². The first-order chi connectivity index (χ1) is 14.8. The molecule has 162 valence electrons. The molecule has 1 aliphatic heterocycles. The molecular weight excluding hydrogens is 378 g/mol. The third-order valence-corrected chi connectivity index (χ3v) is 4.95. The van der Waals surface area contributed by atoms with E-state index in [4.69, 9.17) is 14.2 Å². The molecule has 0 unspecified atom stereocenters. The van der Waals surface area contributed by atoms with E-state index in [0.717, 1.165) is 50.7 Å². The predicted molar refractivity (Wildman–Crippen MR) is 120 cm³/mol. The maximum Gasteiger partial charge on any atom is 0.191 e. The molecule has 3 rings (SSSR count).